The van der Waals surface area contributed by atoms with E-state index in [1.807, 2.05) is 38.1 Å². The Labute approximate surface area is 199 Å². The second-order valence-electron chi connectivity index (χ2n) is 10.1. The zero-order valence-electron chi connectivity index (χ0n) is 20.8. The van der Waals surface area contributed by atoms with Gasteiger partial charge in [0.1, 0.15) is 0 Å². The van der Waals surface area contributed by atoms with Crippen molar-refractivity contribution in [1.29, 1.82) is 0 Å². The van der Waals surface area contributed by atoms with E-state index in [9.17, 15) is 9.59 Å². The molecule has 184 valence electrons. The Kier molecular flexibility index (Phi) is 10.2. The largest absolute Gasteiger partial charge is 0.381 e. The fourth-order valence-electron chi connectivity index (χ4n) is 5.10. The number of nitrogens with one attached hydrogen (secondary N) is 2. The molecule has 2 N–H and O–H groups in total. The Morgan fingerprint density at radius 3 is 2.58 bits per heavy atom. The molecule has 1 aliphatic carbocycles. The van der Waals surface area contributed by atoms with Crippen LogP contribution >= 0.6 is 0 Å². The van der Waals surface area contributed by atoms with Gasteiger partial charge in [0.25, 0.3) is 5.91 Å². The van der Waals surface area contributed by atoms with Crippen LogP contribution in [0.15, 0.2) is 24.3 Å². The molecule has 0 aromatic heterocycles. The first-order valence-electron chi connectivity index (χ1n) is 12.9. The number of ether oxygens (including phenoxy) is 1. The van der Waals surface area contributed by atoms with Gasteiger partial charge in [0.15, 0.2) is 0 Å². The Bertz CT molecular complexity index is 749. The van der Waals surface area contributed by atoms with E-state index >= 15 is 0 Å². The molecule has 3 atom stereocenters. The first kappa shape index (κ1) is 25.7. The van der Waals surface area contributed by atoms with Crippen LogP contribution in [0.2, 0.25) is 0 Å². The number of carbonyl (C=O) groups excluding carboxylic acids is 2. The summed E-state index contributed by atoms with van der Waals surface area (Å²) in [6.07, 6.45) is 7.19. The molecule has 2 fully saturated rings. The van der Waals surface area contributed by atoms with Crippen molar-refractivity contribution >= 4 is 11.8 Å². The van der Waals surface area contributed by atoms with Gasteiger partial charge >= 0.3 is 0 Å². The fraction of sp³-hybridized carbons (Fsp3) is 0.704. The molecule has 2 aliphatic rings. The van der Waals surface area contributed by atoms with E-state index in [2.05, 4.69) is 22.5 Å². The molecule has 2 amide bonds. The summed E-state index contributed by atoms with van der Waals surface area (Å²) in [5, 5.41) is 6.26. The monoisotopic (exact) mass is 457 g/mol. The molecule has 6 nitrogen and oxygen atoms in total. The number of hydrogen-bond donors (Lipinski definition) is 2. The average Bonchev–Trinajstić information content (AvgIpc) is 2.83. The topological polar surface area (TPSA) is 70.7 Å². The normalized spacial score (nSPS) is 23.9. The molecule has 0 unspecified atom stereocenters. The lowest BCUT2D eigenvalue weighted by Crippen LogP contribution is -2.48. The summed E-state index contributed by atoms with van der Waals surface area (Å²) in [7, 11) is 0. The highest BCUT2D eigenvalue weighted by Crippen LogP contribution is 2.27. The van der Waals surface area contributed by atoms with Crippen LogP contribution in [-0.2, 0) is 16.1 Å². The molecule has 0 radical (unpaired) electrons. The lowest BCUT2D eigenvalue weighted by molar-refractivity contribution is -0.124. The van der Waals surface area contributed by atoms with Gasteiger partial charge in [-0.3, -0.25) is 9.59 Å². The van der Waals surface area contributed by atoms with Gasteiger partial charge in [-0.15, -0.1) is 0 Å². The maximum atomic E-state index is 13.0. The molecule has 1 aromatic carbocycles. The summed E-state index contributed by atoms with van der Waals surface area (Å²) < 4.78 is 5.68. The third-order valence-electron chi connectivity index (χ3n) is 7.09. The molecule has 0 spiro atoms. The number of amides is 2. The van der Waals surface area contributed by atoms with Crippen LogP contribution in [0.3, 0.4) is 0 Å². The second kappa shape index (κ2) is 13.1. The van der Waals surface area contributed by atoms with E-state index in [1.165, 1.54) is 32.1 Å². The molecule has 1 saturated carbocycles. The van der Waals surface area contributed by atoms with Gasteiger partial charge in [0, 0.05) is 43.8 Å². The van der Waals surface area contributed by atoms with Crippen molar-refractivity contribution < 1.29 is 14.3 Å². The van der Waals surface area contributed by atoms with Gasteiger partial charge in [-0.25, -0.2) is 0 Å². The van der Waals surface area contributed by atoms with Crippen LogP contribution in [0.1, 0.15) is 75.2 Å². The first-order valence-corrected chi connectivity index (χ1v) is 12.9. The van der Waals surface area contributed by atoms with E-state index in [0.29, 0.717) is 23.9 Å². The van der Waals surface area contributed by atoms with Gasteiger partial charge < -0.3 is 20.3 Å². The van der Waals surface area contributed by atoms with Crippen molar-refractivity contribution in [1.82, 2.24) is 15.5 Å². The number of piperidine rings is 1. The third-order valence-corrected chi connectivity index (χ3v) is 7.09. The predicted octanol–water partition coefficient (Wildman–Crippen LogP) is 4.00. The molecular formula is C27H43N3O3. The van der Waals surface area contributed by atoms with Crippen molar-refractivity contribution in [3.63, 3.8) is 0 Å². The molecule has 1 heterocycles. The Morgan fingerprint density at radius 2 is 1.85 bits per heavy atom. The van der Waals surface area contributed by atoms with E-state index in [0.717, 1.165) is 44.8 Å². The summed E-state index contributed by atoms with van der Waals surface area (Å²) in [6, 6.07) is 7.84. The minimum absolute atomic E-state index is 0.0116. The van der Waals surface area contributed by atoms with E-state index < -0.39 is 0 Å². The van der Waals surface area contributed by atoms with Crippen LogP contribution in [-0.4, -0.2) is 55.6 Å². The first-order chi connectivity index (χ1) is 16.0. The molecule has 1 aromatic rings. The Hall–Kier alpha value is -1.92. The second-order valence-corrected chi connectivity index (χ2v) is 10.1. The highest BCUT2D eigenvalue weighted by atomic mass is 16.5. The molecule has 0 bridgehead atoms. The van der Waals surface area contributed by atoms with E-state index in [1.54, 1.807) is 0 Å². The highest BCUT2D eigenvalue weighted by Gasteiger charge is 2.30. The molecule has 1 aliphatic heterocycles. The van der Waals surface area contributed by atoms with Gasteiger partial charge in [-0.2, -0.15) is 0 Å². The highest BCUT2D eigenvalue weighted by molar-refractivity contribution is 5.94. The van der Waals surface area contributed by atoms with Gasteiger partial charge in [-0.05, 0) is 68.7 Å². The number of nitrogens with zero attached hydrogens (tertiary/aromatic N) is 1. The summed E-state index contributed by atoms with van der Waals surface area (Å²) in [5.74, 6) is 1.17. The quantitative estimate of drug-likeness (QED) is 0.557. The van der Waals surface area contributed by atoms with Crippen molar-refractivity contribution in [2.45, 2.75) is 71.9 Å². The smallest absolute Gasteiger partial charge is 0.251 e. The maximum absolute atomic E-state index is 13.0. The number of rotatable bonds is 10. The molecular weight excluding hydrogens is 414 g/mol. The Balaban J connectivity index is 1.51. The Morgan fingerprint density at radius 1 is 1.09 bits per heavy atom. The van der Waals surface area contributed by atoms with Crippen LogP contribution < -0.4 is 10.6 Å². The molecule has 1 saturated heterocycles. The fourth-order valence-corrected chi connectivity index (χ4v) is 5.10. The van der Waals surface area contributed by atoms with Crippen LogP contribution in [0.25, 0.3) is 0 Å². The SMILES string of the molecule is CCOC[C@@H]1CCCN(C[C@H]2CCCC[C@@H]2NC(=O)c2ccc(CNC(=O)C(C)C)cc2)C1. The van der Waals surface area contributed by atoms with Crippen LogP contribution in [0.5, 0.6) is 0 Å². The lowest BCUT2D eigenvalue weighted by Gasteiger charge is -2.39. The lowest BCUT2D eigenvalue weighted by atomic mass is 9.83. The molecule has 6 heteroatoms. The van der Waals surface area contributed by atoms with Crippen molar-refractivity contribution in [2.75, 3.05) is 32.8 Å². The van der Waals surface area contributed by atoms with Crippen LogP contribution in [0, 0.1) is 17.8 Å². The van der Waals surface area contributed by atoms with Crippen molar-refractivity contribution in [3.05, 3.63) is 35.4 Å². The zero-order valence-corrected chi connectivity index (χ0v) is 20.8. The van der Waals surface area contributed by atoms with Crippen LogP contribution in [0.4, 0.5) is 0 Å². The summed E-state index contributed by atoms with van der Waals surface area (Å²) >= 11 is 0. The maximum Gasteiger partial charge on any atom is 0.251 e. The van der Waals surface area contributed by atoms with Gasteiger partial charge in [0.05, 0.1) is 6.61 Å². The summed E-state index contributed by atoms with van der Waals surface area (Å²) in [4.78, 5) is 27.3. The van der Waals surface area contributed by atoms with Crippen molar-refractivity contribution in [3.8, 4) is 0 Å². The molecule has 3 rings (SSSR count). The van der Waals surface area contributed by atoms with Gasteiger partial charge in [0.2, 0.25) is 5.91 Å². The van der Waals surface area contributed by atoms with E-state index in [-0.39, 0.29) is 23.8 Å². The zero-order chi connectivity index (χ0) is 23.6. The summed E-state index contributed by atoms with van der Waals surface area (Å²) in [5.41, 5.74) is 1.69. The van der Waals surface area contributed by atoms with E-state index in [4.69, 9.17) is 4.74 Å². The average molecular weight is 458 g/mol. The van der Waals surface area contributed by atoms with Gasteiger partial charge in [-0.1, -0.05) is 38.8 Å². The minimum atomic E-state index is -0.0287. The minimum Gasteiger partial charge on any atom is -0.381 e. The number of likely N-dealkylation sites (tertiary alicyclic amines) is 1. The predicted molar refractivity (Wildman–Crippen MR) is 132 cm³/mol. The standard InChI is InChI=1S/C27H43N3O3/c1-4-33-19-22-8-7-15-30(17-22)18-24-9-5-6-10-25(24)29-27(32)23-13-11-21(12-14-23)16-28-26(31)20(2)3/h11-14,20,22,24-25H,4-10,15-19H2,1-3H3,(H,28,31)(H,29,32)/t22-,24-,25+/m1/s1. The number of benzene rings is 1. The summed E-state index contributed by atoms with van der Waals surface area (Å²) in [6.45, 7) is 11.3. The molecule has 33 heavy (non-hydrogen) atoms. The number of carbonyl (C=O) groups is 2. The van der Waals surface area contributed by atoms with Crippen molar-refractivity contribution in [2.24, 2.45) is 17.8 Å². The number of hydrogen-bond acceptors (Lipinski definition) is 4. The third kappa shape index (κ3) is 8.11.